The molecule has 0 radical (unpaired) electrons. The fraction of sp³-hybridized carbons (Fsp3) is 0.263. The average Bonchev–Trinajstić information content (AvgIpc) is 2.58. The van der Waals surface area contributed by atoms with Crippen molar-refractivity contribution in [3.63, 3.8) is 0 Å². The first-order valence-electron chi connectivity index (χ1n) is 7.90. The van der Waals surface area contributed by atoms with Crippen LogP contribution in [-0.4, -0.2) is 23.7 Å². The molecule has 6 heteroatoms. The van der Waals surface area contributed by atoms with E-state index >= 15 is 0 Å². The Morgan fingerprint density at radius 2 is 1.84 bits per heavy atom. The number of benzene rings is 2. The summed E-state index contributed by atoms with van der Waals surface area (Å²) in [6.45, 7) is 3.47. The number of carbonyl (C=O) groups is 2. The zero-order chi connectivity index (χ0) is 18.2. The van der Waals surface area contributed by atoms with Gasteiger partial charge >= 0.3 is 5.97 Å². The van der Waals surface area contributed by atoms with E-state index in [1.165, 1.54) is 30.7 Å². The number of esters is 1. The van der Waals surface area contributed by atoms with Gasteiger partial charge in [-0.2, -0.15) is 0 Å². The van der Waals surface area contributed by atoms with Gasteiger partial charge in [-0.3, -0.25) is 9.59 Å². The van der Waals surface area contributed by atoms with Gasteiger partial charge < -0.3 is 10.1 Å². The molecule has 0 heterocycles. The van der Waals surface area contributed by atoms with Crippen LogP contribution in [0.2, 0.25) is 0 Å². The molecule has 1 amide bonds. The quantitative estimate of drug-likeness (QED) is 0.594. The van der Waals surface area contributed by atoms with Gasteiger partial charge in [-0.1, -0.05) is 29.8 Å². The molecule has 2 aromatic rings. The van der Waals surface area contributed by atoms with Gasteiger partial charge in [0.05, 0.1) is 12.1 Å². The minimum Gasteiger partial charge on any atom is -0.453 e. The summed E-state index contributed by atoms with van der Waals surface area (Å²) in [4.78, 5) is 24.9. The normalized spacial score (nSPS) is 11.6. The van der Waals surface area contributed by atoms with E-state index in [4.69, 9.17) is 4.74 Å². The number of halogens is 1. The number of hydrogen-bond donors (Lipinski definition) is 1. The Kier molecular flexibility index (Phi) is 7.01. The summed E-state index contributed by atoms with van der Waals surface area (Å²) in [6.07, 6.45) is -0.799. The number of anilines is 1. The Balaban J connectivity index is 1.74. The SMILES string of the molecule is Cc1ccc(SCCC(=O)OC(C)C(=O)Nc2ccccc2F)cc1. The number of aryl methyl sites for hydroxylation is 1. The highest BCUT2D eigenvalue weighted by Gasteiger charge is 2.18. The lowest BCUT2D eigenvalue weighted by molar-refractivity contribution is -0.152. The van der Waals surface area contributed by atoms with Crippen LogP contribution in [0.5, 0.6) is 0 Å². The molecule has 0 spiro atoms. The lowest BCUT2D eigenvalue weighted by atomic mass is 10.2. The van der Waals surface area contributed by atoms with Crippen molar-refractivity contribution in [1.29, 1.82) is 0 Å². The van der Waals surface area contributed by atoms with Crippen molar-refractivity contribution in [3.8, 4) is 0 Å². The molecule has 4 nitrogen and oxygen atoms in total. The van der Waals surface area contributed by atoms with Crippen molar-refractivity contribution in [2.75, 3.05) is 11.1 Å². The van der Waals surface area contributed by atoms with E-state index in [2.05, 4.69) is 5.32 Å². The molecule has 0 aromatic heterocycles. The van der Waals surface area contributed by atoms with Gasteiger partial charge in [0.25, 0.3) is 5.91 Å². The lowest BCUT2D eigenvalue weighted by Crippen LogP contribution is -2.30. The average molecular weight is 361 g/mol. The van der Waals surface area contributed by atoms with E-state index in [9.17, 15) is 14.0 Å². The number of thioether (sulfide) groups is 1. The van der Waals surface area contributed by atoms with Gasteiger partial charge in [0.2, 0.25) is 0 Å². The molecule has 1 unspecified atom stereocenters. The van der Waals surface area contributed by atoms with E-state index in [1.54, 1.807) is 17.8 Å². The summed E-state index contributed by atoms with van der Waals surface area (Å²) < 4.78 is 18.6. The van der Waals surface area contributed by atoms with E-state index in [1.807, 2.05) is 31.2 Å². The molecule has 0 bridgehead atoms. The molecule has 25 heavy (non-hydrogen) atoms. The molecule has 0 saturated heterocycles. The highest BCUT2D eigenvalue weighted by atomic mass is 32.2. The molecule has 2 aromatic carbocycles. The minimum absolute atomic E-state index is 0.0605. The second kappa shape index (κ2) is 9.22. The Morgan fingerprint density at radius 1 is 1.16 bits per heavy atom. The number of amides is 1. The van der Waals surface area contributed by atoms with Crippen LogP contribution in [0.3, 0.4) is 0 Å². The zero-order valence-corrected chi connectivity index (χ0v) is 14.9. The van der Waals surface area contributed by atoms with E-state index in [-0.39, 0.29) is 12.1 Å². The van der Waals surface area contributed by atoms with Crippen molar-refractivity contribution < 1.29 is 18.7 Å². The maximum atomic E-state index is 13.5. The summed E-state index contributed by atoms with van der Waals surface area (Å²) >= 11 is 1.55. The van der Waals surface area contributed by atoms with Gasteiger partial charge in [0.15, 0.2) is 6.10 Å². The fourth-order valence-corrected chi connectivity index (χ4v) is 2.83. The maximum Gasteiger partial charge on any atom is 0.307 e. The Bertz CT molecular complexity index is 734. The van der Waals surface area contributed by atoms with Crippen LogP contribution in [0, 0.1) is 12.7 Å². The molecule has 2 rings (SSSR count). The first-order valence-corrected chi connectivity index (χ1v) is 8.88. The molecule has 0 aliphatic carbocycles. The number of carbonyl (C=O) groups excluding carboxylic acids is 2. The molecule has 132 valence electrons. The molecular formula is C19H20FNO3S. The van der Waals surface area contributed by atoms with Crippen molar-refractivity contribution in [3.05, 3.63) is 59.9 Å². The van der Waals surface area contributed by atoms with Crippen molar-refractivity contribution in [2.24, 2.45) is 0 Å². The maximum absolute atomic E-state index is 13.5. The summed E-state index contributed by atoms with van der Waals surface area (Å²) in [5.41, 5.74) is 1.24. The topological polar surface area (TPSA) is 55.4 Å². The minimum atomic E-state index is -0.989. The van der Waals surface area contributed by atoms with Gasteiger partial charge in [0.1, 0.15) is 5.82 Å². The number of para-hydroxylation sites is 1. The Morgan fingerprint density at radius 3 is 2.52 bits per heavy atom. The molecule has 1 N–H and O–H groups in total. The number of hydrogen-bond acceptors (Lipinski definition) is 4. The second-order valence-corrected chi connectivity index (χ2v) is 6.68. The third-order valence-electron chi connectivity index (χ3n) is 3.41. The van der Waals surface area contributed by atoms with E-state index in [0.717, 1.165) is 4.90 Å². The summed E-state index contributed by atoms with van der Waals surface area (Å²) in [6, 6.07) is 13.8. The standard InChI is InChI=1S/C19H20FNO3S/c1-13-7-9-15(10-8-13)25-12-11-18(22)24-14(2)19(23)21-17-6-4-3-5-16(17)20/h3-10,14H,11-12H2,1-2H3,(H,21,23). The highest BCUT2D eigenvalue weighted by Crippen LogP contribution is 2.19. The van der Waals surface area contributed by atoms with Gasteiger partial charge in [-0.25, -0.2) is 4.39 Å². The molecule has 0 saturated carbocycles. The van der Waals surface area contributed by atoms with Crippen LogP contribution in [0.15, 0.2) is 53.4 Å². The second-order valence-electron chi connectivity index (χ2n) is 5.51. The molecular weight excluding hydrogens is 341 g/mol. The van der Waals surface area contributed by atoms with Gasteiger partial charge in [-0.05, 0) is 38.1 Å². The summed E-state index contributed by atoms with van der Waals surface area (Å²) in [7, 11) is 0. The first kappa shape index (κ1) is 19.0. The van der Waals surface area contributed by atoms with Crippen molar-refractivity contribution in [2.45, 2.75) is 31.3 Å². The molecule has 0 fully saturated rings. The summed E-state index contributed by atoms with van der Waals surface area (Å²) in [5.74, 6) is -1.01. The lowest BCUT2D eigenvalue weighted by Gasteiger charge is -2.13. The van der Waals surface area contributed by atoms with Gasteiger partial charge in [-0.15, -0.1) is 11.8 Å². The highest BCUT2D eigenvalue weighted by molar-refractivity contribution is 7.99. The molecule has 0 aliphatic heterocycles. The van der Waals surface area contributed by atoms with Crippen LogP contribution in [0.1, 0.15) is 18.9 Å². The van der Waals surface area contributed by atoms with Crippen LogP contribution in [0.25, 0.3) is 0 Å². The van der Waals surface area contributed by atoms with Crippen molar-refractivity contribution in [1.82, 2.24) is 0 Å². The van der Waals surface area contributed by atoms with Gasteiger partial charge in [0, 0.05) is 10.6 Å². The molecule has 0 aliphatic rings. The largest absolute Gasteiger partial charge is 0.453 e. The predicted octanol–water partition coefficient (Wildman–Crippen LogP) is 4.19. The monoisotopic (exact) mass is 361 g/mol. The Labute approximate surface area is 150 Å². The third kappa shape index (κ3) is 6.23. The third-order valence-corrected chi connectivity index (χ3v) is 4.42. The zero-order valence-electron chi connectivity index (χ0n) is 14.1. The predicted molar refractivity (Wildman–Crippen MR) is 97.1 cm³/mol. The number of rotatable bonds is 7. The van der Waals surface area contributed by atoms with Crippen LogP contribution in [0.4, 0.5) is 10.1 Å². The van der Waals surface area contributed by atoms with Crippen molar-refractivity contribution >= 4 is 29.3 Å². The Hall–Kier alpha value is -2.34. The fourth-order valence-electron chi connectivity index (χ4n) is 1.99. The number of ether oxygens (including phenoxy) is 1. The number of nitrogens with one attached hydrogen (secondary N) is 1. The first-order chi connectivity index (χ1) is 12.0. The van der Waals surface area contributed by atoms with E-state index in [0.29, 0.717) is 5.75 Å². The smallest absolute Gasteiger partial charge is 0.307 e. The molecule has 1 atom stereocenters. The van der Waals surface area contributed by atoms with Crippen LogP contribution >= 0.6 is 11.8 Å². The summed E-state index contributed by atoms with van der Waals surface area (Å²) in [5, 5.41) is 2.41. The van der Waals surface area contributed by atoms with Crippen LogP contribution in [-0.2, 0) is 14.3 Å². The van der Waals surface area contributed by atoms with E-state index < -0.39 is 23.8 Å². The van der Waals surface area contributed by atoms with Crippen LogP contribution < -0.4 is 5.32 Å².